The molecule has 0 unspecified atom stereocenters. The van der Waals surface area contributed by atoms with Crippen LogP contribution < -0.4 is 11.2 Å². The number of para-hydroxylation sites is 1. The minimum Gasteiger partial charge on any atom is -0.456 e. The molecule has 0 aliphatic carbocycles. The maximum atomic E-state index is 12.8. The van der Waals surface area contributed by atoms with Crippen molar-refractivity contribution >= 4 is 34.0 Å². The van der Waals surface area contributed by atoms with E-state index in [1.165, 1.54) is 15.9 Å². The quantitative estimate of drug-likeness (QED) is 0.306. The van der Waals surface area contributed by atoms with Crippen molar-refractivity contribution in [3.05, 3.63) is 79.7 Å². The van der Waals surface area contributed by atoms with Crippen LogP contribution in [0, 0.1) is 13.8 Å². The van der Waals surface area contributed by atoms with E-state index >= 15 is 0 Å². The van der Waals surface area contributed by atoms with E-state index in [0.717, 1.165) is 15.4 Å². The Bertz CT molecular complexity index is 1480. The fraction of sp³-hybridized carbons (Fsp3) is 0.261. The van der Waals surface area contributed by atoms with Crippen LogP contribution in [0.5, 0.6) is 0 Å². The summed E-state index contributed by atoms with van der Waals surface area (Å²) in [7, 11) is 0. The number of aromatic nitrogens is 4. The van der Waals surface area contributed by atoms with E-state index in [-0.39, 0.29) is 12.3 Å². The molecule has 9 nitrogen and oxygen atoms in total. The smallest absolute Gasteiger partial charge is 0.332 e. The molecule has 0 saturated heterocycles. The molecule has 0 bridgehead atoms. The molecule has 0 N–H and O–H groups in total. The van der Waals surface area contributed by atoms with Gasteiger partial charge in [-0.25, -0.2) is 9.78 Å². The maximum Gasteiger partial charge on any atom is 0.332 e. The van der Waals surface area contributed by atoms with Crippen LogP contribution in [0.4, 0.5) is 0 Å². The molecule has 0 spiro atoms. The highest BCUT2D eigenvalue weighted by Crippen LogP contribution is 2.22. The van der Waals surface area contributed by atoms with Crippen LogP contribution >= 0.6 is 11.3 Å². The number of esters is 1. The second-order valence-electron chi connectivity index (χ2n) is 7.45. The van der Waals surface area contributed by atoms with Crippen molar-refractivity contribution in [3.63, 3.8) is 0 Å². The van der Waals surface area contributed by atoms with E-state index in [2.05, 4.69) is 4.98 Å². The molecule has 0 amide bonds. The van der Waals surface area contributed by atoms with Gasteiger partial charge in [0.05, 0.1) is 10.9 Å². The highest BCUT2D eigenvalue weighted by atomic mass is 32.1. The van der Waals surface area contributed by atoms with Gasteiger partial charge in [-0.3, -0.25) is 28.1 Å². The highest BCUT2D eigenvalue weighted by Gasteiger charge is 2.20. The number of nitrogens with zero attached hydrogens (tertiary/aromatic N) is 4. The van der Waals surface area contributed by atoms with Gasteiger partial charge in [0.1, 0.15) is 6.54 Å². The predicted molar refractivity (Wildman–Crippen MR) is 124 cm³/mol. The van der Waals surface area contributed by atoms with Gasteiger partial charge in [-0.05, 0) is 39.0 Å². The van der Waals surface area contributed by atoms with Crippen LogP contribution in [-0.2, 0) is 22.6 Å². The van der Waals surface area contributed by atoms with Gasteiger partial charge in [-0.2, -0.15) is 0 Å². The number of carbonyl (C=O) groups is 2. The van der Waals surface area contributed by atoms with Gasteiger partial charge >= 0.3 is 11.7 Å². The first-order valence-electron chi connectivity index (χ1n) is 10.3. The lowest BCUT2D eigenvalue weighted by molar-refractivity contribution is -0.143. The van der Waals surface area contributed by atoms with Crippen molar-refractivity contribution in [1.82, 2.24) is 18.7 Å². The molecule has 0 fully saturated rings. The molecule has 3 aromatic heterocycles. The van der Waals surface area contributed by atoms with Gasteiger partial charge in [0.2, 0.25) is 5.78 Å². The number of hydrogen-bond donors (Lipinski definition) is 0. The van der Waals surface area contributed by atoms with Crippen molar-refractivity contribution in [2.24, 2.45) is 0 Å². The molecule has 0 saturated carbocycles. The van der Waals surface area contributed by atoms with Crippen LogP contribution in [0.25, 0.3) is 16.0 Å². The first-order chi connectivity index (χ1) is 15.8. The maximum absolute atomic E-state index is 12.8. The largest absolute Gasteiger partial charge is 0.456 e. The summed E-state index contributed by atoms with van der Waals surface area (Å²) in [6, 6.07) is 8.32. The molecule has 4 aromatic rings. The van der Waals surface area contributed by atoms with Crippen molar-refractivity contribution < 1.29 is 14.3 Å². The summed E-state index contributed by atoms with van der Waals surface area (Å²) in [6.45, 7) is 4.67. The standard InChI is InChI=1S/C23H22N4O5S/c1-4-25-21(30)16-7-5-6-8-18(16)26(23(25)31)12-20(29)32-13-19(28)17-11-14(2)27(15(17)3)22-24-9-10-33-22/h5-11H,4,12-13H2,1-3H3. The zero-order valence-electron chi connectivity index (χ0n) is 18.4. The van der Waals surface area contributed by atoms with E-state index < -0.39 is 30.4 Å². The van der Waals surface area contributed by atoms with E-state index in [0.29, 0.717) is 22.2 Å². The summed E-state index contributed by atoms with van der Waals surface area (Å²) in [4.78, 5) is 54.9. The topological polar surface area (TPSA) is 105 Å². The van der Waals surface area contributed by atoms with Crippen molar-refractivity contribution in [2.75, 3.05) is 6.61 Å². The molecule has 10 heteroatoms. The molecule has 33 heavy (non-hydrogen) atoms. The number of fused-ring (bicyclic) bond motifs is 1. The SMILES string of the molecule is CCn1c(=O)c2ccccc2n(CC(=O)OCC(=O)c2cc(C)n(-c3nccs3)c2C)c1=O. The second kappa shape index (κ2) is 8.99. The van der Waals surface area contributed by atoms with Crippen molar-refractivity contribution in [3.8, 4) is 5.13 Å². The molecule has 1 aromatic carbocycles. The van der Waals surface area contributed by atoms with Crippen LogP contribution in [0.3, 0.4) is 0 Å². The highest BCUT2D eigenvalue weighted by molar-refractivity contribution is 7.12. The van der Waals surface area contributed by atoms with Gasteiger partial charge < -0.3 is 4.74 Å². The molecule has 0 atom stereocenters. The predicted octanol–water partition coefficient (Wildman–Crippen LogP) is 2.47. The number of thiazole rings is 1. The van der Waals surface area contributed by atoms with Crippen LogP contribution in [-0.4, -0.2) is 37.0 Å². The Morgan fingerprint density at radius 3 is 2.58 bits per heavy atom. The first kappa shape index (κ1) is 22.4. The molecular weight excluding hydrogens is 444 g/mol. The Balaban J connectivity index is 1.54. The lowest BCUT2D eigenvalue weighted by Crippen LogP contribution is -2.41. The molecule has 4 rings (SSSR count). The summed E-state index contributed by atoms with van der Waals surface area (Å²) in [5.41, 5.74) is 1.33. The molecular formula is C23H22N4O5S. The lowest BCUT2D eigenvalue weighted by Gasteiger charge is -2.12. The summed E-state index contributed by atoms with van der Waals surface area (Å²) < 4.78 is 9.34. The van der Waals surface area contributed by atoms with Crippen LogP contribution in [0.15, 0.2) is 51.5 Å². The zero-order valence-corrected chi connectivity index (χ0v) is 19.2. The van der Waals surface area contributed by atoms with Crippen LogP contribution in [0.1, 0.15) is 28.7 Å². The normalized spacial score (nSPS) is 11.1. The van der Waals surface area contributed by atoms with Crippen molar-refractivity contribution in [1.29, 1.82) is 0 Å². The number of Topliss-reactive ketones (excluding diaryl/α,β-unsaturated/α-hetero) is 1. The molecule has 3 heterocycles. The summed E-state index contributed by atoms with van der Waals surface area (Å²) in [6.07, 6.45) is 1.69. The third-order valence-corrected chi connectivity index (χ3v) is 6.20. The van der Waals surface area contributed by atoms with Crippen LogP contribution in [0.2, 0.25) is 0 Å². The molecule has 170 valence electrons. The summed E-state index contributed by atoms with van der Waals surface area (Å²) >= 11 is 1.45. The monoisotopic (exact) mass is 466 g/mol. The third-order valence-electron chi connectivity index (χ3n) is 5.44. The lowest BCUT2D eigenvalue weighted by atomic mass is 10.1. The molecule has 0 aliphatic heterocycles. The number of ether oxygens (including phenoxy) is 1. The fourth-order valence-electron chi connectivity index (χ4n) is 3.87. The first-order valence-corrected chi connectivity index (χ1v) is 11.2. The average molecular weight is 467 g/mol. The molecule has 0 radical (unpaired) electrons. The van der Waals surface area contributed by atoms with E-state index in [1.54, 1.807) is 43.5 Å². The van der Waals surface area contributed by atoms with E-state index in [9.17, 15) is 19.2 Å². The minimum atomic E-state index is -0.745. The van der Waals surface area contributed by atoms with Gasteiger partial charge in [0.15, 0.2) is 11.7 Å². The van der Waals surface area contributed by atoms with E-state index in [4.69, 9.17) is 4.74 Å². The summed E-state index contributed by atoms with van der Waals surface area (Å²) in [5.74, 6) is -1.10. The number of aryl methyl sites for hydroxylation is 1. The number of ketones is 1. The van der Waals surface area contributed by atoms with E-state index in [1.807, 2.05) is 23.8 Å². The van der Waals surface area contributed by atoms with Gasteiger partial charge in [0, 0.05) is 35.1 Å². The van der Waals surface area contributed by atoms with Gasteiger partial charge in [-0.1, -0.05) is 12.1 Å². The fourth-order valence-corrected chi connectivity index (χ4v) is 4.62. The average Bonchev–Trinajstić information content (AvgIpc) is 3.42. The number of benzene rings is 1. The Morgan fingerprint density at radius 1 is 1.12 bits per heavy atom. The van der Waals surface area contributed by atoms with Gasteiger partial charge in [0.25, 0.3) is 5.56 Å². The Kier molecular flexibility index (Phi) is 6.10. The van der Waals surface area contributed by atoms with Crippen molar-refractivity contribution in [2.45, 2.75) is 33.9 Å². The number of hydrogen-bond acceptors (Lipinski definition) is 7. The molecule has 0 aliphatic rings. The Morgan fingerprint density at radius 2 is 1.88 bits per heavy atom. The summed E-state index contributed by atoms with van der Waals surface area (Å²) in [5, 5.41) is 2.93. The minimum absolute atomic E-state index is 0.171. The number of rotatable bonds is 7. The number of carbonyl (C=O) groups excluding carboxylic acids is 2. The second-order valence-corrected chi connectivity index (χ2v) is 8.33. The Hall–Kier alpha value is -3.79. The van der Waals surface area contributed by atoms with Gasteiger partial charge in [-0.15, -0.1) is 11.3 Å². The Labute approximate surface area is 192 Å². The third kappa shape index (κ3) is 4.05. The zero-order chi connectivity index (χ0) is 23.7.